The van der Waals surface area contributed by atoms with Crippen molar-refractivity contribution in [3.05, 3.63) is 71.4 Å². The Morgan fingerprint density at radius 3 is 2.67 bits per heavy atom. The Balaban J connectivity index is 1.99. The summed E-state index contributed by atoms with van der Waals surface area (Å²) in [5.74, 6) is -2.37. The van der Waals surface area contributed by atoms with Crippen LogP contribution < -0.4 is 0 Å². The molecule has 2 aromatic carbocycles. The van der Waals surface area contributed by atoms with Crippen molar-refractivity contribution < 1.29 is 18.7 Å². The second-order valence-electron chi connectivity index (χ2n) is 4.77. The van der Waals surface area contributed by atoms with Crippen molar-refractivity contribution >= 4 is 16.9 Å². The van der Waals surface area contributed by atoms with Crippen molar-refractivity contribution in [2.75, 3.05) is 0 Å². The topological polar surface area (TPSA) is 42.2 Å². The summed E-state index contributed by atoms with van der Waals surface area (Å²) in [7, 11) is 0. The third-order valence-electron chi connectivity index (χ3n) is 3.35. The molecule has 106 valence electrons. The summed E-state index contributed by atoms with van der Waals surface area (Å²) in [6.45, 7) is 0.385. The Labute approximate surface area is 119 Å². The molecule has 1 heterocycles. The quantitative estimate of drug-likeness (QED) is 0.798. The van der Waals surface area contributed by atoms with Crippen molar-refractivity contribution in [3.63, 3.8) is 0 Å². The minimum absolute atomic E-state index is 0.310. The number of hydrogen-bond acceptors (Lipinski definition) is 1. The van der Waals surface area contributed by atoms with Gasteiger partial charge in [0.15, 0.2) is 0 Å². The van der Waals surface area contributed by atoms with Crippen LogP contribution in [0.5, 0.6) is 0 Å². The molecule has 3 rings (SSSR count). The van der Waals surface area contributed by atoms with Crippen LogP contribution in [0.25, 0.3) is 10.9 Å². The average molecular weight is 287 g/mol. The van der Waals surface area contributed by atoms with Gasteiger partial charge in [-0.1, -0.05) is 6.07 Å². The maximum atomic E-state index is 13.4. The van der Waals surface area contributed by atoms with Crippen molar-refractivity contribution in [1.82, 2.24) is 4.57 Å². The molecule has 3 aromatic rings. The van der Waals surface area contributed by atoms with Gasteiger partial charge in [-0.3, -0.25) is 0 Å². The normalized spacial score (nSPS) is 11.0. The molecular weight excluding hydrogens is 276 g/mol. The Hall–Kier alpha value is -2.69. The minimum atomic E-state index is -1.30. The lowest BCUT2D eigenvalue weighted by atomic mass is 10.1. The summed E-state index contributed by atoms with van der Waals surface area (Å²) in [5, 5.41) is 9.69. The average Bonchev–Trinajstić information content (AvgIpc) is 2.83. The number of carboxylic acids is 1. The van der Waals surface area contributed by atoms with E-state index in [9.17, 15) is 13.6 Å². The molecule has 1 N–H and O–H groups in total. The van der Waals surface area contributed by atoms with E-state index in [2.05, 4.69) is 0 Å². The van der Waals surface area contributed by atoms with Crippen LogP contribution in [0.2, 0.25) is 0 Å². The van der Waals surface area contributed by atoms with Crippen LogP contribution in [0.15, 0.2) is 48.7 Å². The Morgan fingerprint density at radius 1 is 1.10 bits per heavy atom. The standard InChI is InChI=1S/C16H11F2NO2/c17-12-2-4-15-11(8-12)5-6-19(15)9-10-1-3-14(18)13(7-10)16(20)21/h1-8H,9H2,(H,20,21). The van der Waals surface area contributed by atoms with Gasteiger partial charge >= 0.3 is 5.97 Å². The molecule has 0 aliphatic rings. The Morgan fingerprint density at radius 2 is 1.90 bits per heavy atom. The largest absolute Gasteiger partial charge is 0.478 e. The lowest BCUT2D eigenvalue weighted by molar-refractivity contribution is 0.0691. The van der Waals surface area contributed by atoms with Crippen LogP contribution >= 0.6 is 0 Å². The van der Waals surface area contributed by atoms with Crippen LogP contribution in [0.4, 0.5) is 8.78 Å². The van der Waals surface area contributed by atoms with Gasteiger partial charge in [-0.05, 0) is 42.0 Å². The van der Waals surface area contributed by atoms with E-state index in [4.69, 9.17) is 5.11 Å². The first-order chi connectivity index (χ1) is 10.0. The maximum absolute atomic E-state index is 13.4. The van der Waals surface area contributed by atoms with E-state index < -0.39 is 11.8 Å². The fraction of sp³-hybridized carbons (Fsp3) is 0.0625. The molecule has 21 heavy (non-hydrogen) atoms. The number of carboxylic acid groups (broad SMARTS) is 1. The smallest absolute Gasteiger partial charge is 0.338 e. The third kappa shape index (κ3) is 2.50. The zero-order chi connectivity index (χ0) is 15.0. The fourth-order valence-electron chi connectivity index (χ4n) is 2.34. The highest BCUT2D eigenvalue weighted by Gasteiger charge is 2.11. The van der Waals surface area contributed by atoms with Gasteiger partial charge in [0.25, 0.3) is 0 Å². The molecule has 0 saturated carbocycles. The monoisotopic (exact) mass is 287 g/mol. The van der Waals surface area contributed by atoms with Crippen LogP contribution in [0.1, 0.15) is 15.9 Å². The van der Waals surface area contributed by atoms with Crippen LogP contribution in [-0.4, -0.2) is 15.6 Å². The number of carbonyl (C=O) groups is 1. The van der Waals surface area contributed by atoms with Gasteiger partial charge in [0, 0.05) is 23.6 Å². The Kier molecular flexibility index (Phi) is 3.17. The number of halogens is 2. The number of rotatable bonds is 3. The molecule has 0 fully saturated rings. The Bertz CT molecular complexity index is 839. The predicted molar refractivity (Wildman–Crippen MR) is 74.4 cm³/mol. The van der Waals surface area contributed by atoms with E-state index in [0.29, 0.717) is 12.1 Å². The minimum Gasteiger partial charge on any atom is -0.478 e. The first-order valence-electron chi connectivity index (χ1n) is 6.31. The van der Waals surface area contributed by atoms with Crippen molar-refractivity contribution in [3.8, 4) is 0 Å². The third-order valence-corrected chi connectivity index (χ3v) is 3.35. The number of aromatic carboxylic acids is 1. The van der Waals surface area contributed by atoms with Gasteiger partial charge in [0.1, 0.15) is 11.6 Å². The lowest BCUT2D eigenvalue weighted by Gasteiger charge is -2.07. The van der Waals surface area contributed by atoms with Gasteiger partial charge in [-0.15, -0.1) is 0 Å². The highest BCUT2D eigenvalue weighted by atomic mass is 19.1. The summed E-state index contributed by atoms with van der Waals surface area (Å²) in [6.07, 6.45) is 1.79. The van der Waals surface area contributed by atoms with E-state index in [1.165, 1.54) is 24.3 Å². The first-order valence-corrected chi connectivity index (χ1v) is 6.31. The fourth-order valence-corrected chi connectivity index (χ4v) is 2.34. The van der Waals surface area contributed by atoms with E-state index >= 15 is 0 Å². The van der Waals surface area contributed by atoms with Gasteiger partial charge in [0.2, 0.25) is 0 Å². The van der Waals surface area contributed by atoms with Crippen LogP contribution in [0.3, 0.4) is 0 Å². The second-order valence-corrected chi connectivity index (χ2v) is 4.77. The molecule has 0 spiro atoms. The van der Waals surface area contributed by atoms with Crippen molar-refractivity contribution in [2.45, 2.75) is 6.54 Å². The molecule has 5 heteroatoms. The molecule has 0 aliphatic heterocycles. The molecule has 0 unspecified atom stereocenters. The highest BCUT2D eigenvalue weighted by molar-refractivity contribution is 5.88. The summed E-state index contributed by atoms with van der Waals surface area (Å²) in [6, 6.07) is 10.2. The SMILES string of the molecule is O=C(O)c1cc(Cn2ccc3cc(F)ccc32)ccc1F. The number of nitrogens with zero attached hydrogens (tertiary/aromatic N) is 1. The number of aromatic nitrogens is 1. The number of benzene rings is 2. The van der Waals surface area contributed by atoms with Gasteiger partial charge < -0.3 is 9.67 Å². The maximum Gasteiger partial charge on any atom is 0.338 e. The van der Waals surface area contributed by atoms with E-state index in [1.807, 2.05) is 4.57 Å². The van der Waals surface area contributed by atoms with E-state index in [-0.39, 0.29) is 11.4 Å². The second kappa shape index (κ2) is 5.01. The summed E-state index contributed by atoms with van der Waals surface area (Å²) >= 11 is 0. The molecule has 0 bridgehead atoms. The van der Waals surface area contributed by atoms with Crippen LogP contribution in [0, 0.1) is 11.6 Å². The molecule has 0 amide bonds. The summed E-state index contributed by atoms with van der Waals surface area (Å²) in [4.78, 5) is 10.9. The molecule has 0 atom stereocenters. The van der Waals surface area contributed by atoms with E-state index in [1.54, 1.807) is 18.3 Å². The first kappa shape index (κ1) is 13.3. The zero-order valence-corrected chi connectivity index (χ0v) is 10.9. The number of fused-ring (bicyclic) bond motifs is 1. The molecule has 0 saturated heterocycles. The molecule has 0 aliphatic carbocycles. The van der Waals surface area contributed by atoms with Crippen molar-refractivity contribution in [1.29, 1.82) is 0 Å². The molecular formula is C16H11F2NO2. The lowest BCUT2D eigenvalue weighted by Crippen LogP contribution is -2.04. The highest BCUT2D eigenvalue weighted by Crippen LogP contribution is 2.19. The van der Waals surface area contributed by atoms with E-state index in [0.717, 1.165) is 17.0 Å². The van der Waals surface area contributed by atoms with Gasteiger partial charge in [-0.2, -0.15) is 0 Å². The number of hydrogen-bond donors (Lipinski definition) is 1. The summed E-state index contributed by atoms with van der Waals surface area (Å²) < 4.78 is 28.4. The van der Waals surface area contributed by atoms with Gasteiger partial charge in [0.05, 0.1) is 5.56 Å². The molecule has 1 aromatic heterocycles. The predicted octanol–water partition coefficient (Wildman–Crippen LogP) is 3.67. The van der Waals surface area contributed by atoms with Crippen LogP contribution in [-0.2, 0) is 6.54 Å². The summed E-state index contributed by atoms with van der Waals surface area (Å²) in [5.41, 5.74) is 1.14. The zero-order valence-electron chi connectivity index (χ0n) is 10.9. The molecule has 0 radical (unpaired) electrons. The molecule has 3 nitrogen and oxygen atoms in total. The van der Waals surface area contributed by atoms with Gasteiger partial charge in [-0.25, -0.2) is 13.6 Å². The van der Waals surface area contributed by atoms with Crippen molar-refractivity contribution in [2.24, 2.45) is 0 Å².